The van der Waals surface area contributed by atoms with Gasteiger partial charge in [-0.25, -0.2) is 4.79 Å². The van der Waals surface area contributed by atoms with Crippen molar-refractivity contribution >= 4 is 11.8 Å². The monoisotopic (exact) mass is 170 g/mol. The summed E-state index contributed by atoms with van der Waals surface area (Å²) in [5, 5.41) is 8.61. The van der Waals surface area contributed by atoms with Crippen LogP contribution in [0.4, 0.5) is 0 Å². The Kier molecular flexibility index (Phi) is 2.17. The zero-order valence-corrected chi connectivity index (χ0v) is 6.96. The minimum absolute atomic E-state index is 0.152. The first-order chi connectivity index (χ1) is 5.52. The molecule has 66 valence electrons. The van der Waals surface area contributed by atoms with Crippen molar-refractivity contribution in [3.8, 4) is 0 Å². The van der Waals surface area contributed by atoms with Gasteiger partial charge < -0.3 is 9.84 Å². The summed E-state index contributed by atoms with van der Waals surface area (Å²) in [7, 11) is 0. The molecule has 0 aromatic rings. The molecule has 0 saturated heterocycles. The lowest BCUT2D eigenvalue weighted by molar-refractivity contribution is -0.136. The Morgan fingerprint density at radius 1 is 1.67 bits per heavy atom. The second-order valence-electron chi connectivity index (χ2n) is 2.79. The number of ether oxygens (including phenoxy) is 1. The Bertz CT molecular complexity index is 264. The molecule has 0 spiro atoms. The normalized spacial score (nSPS) is 23.8. The van der Waals surface area contributed by atoms with Crippen LogP contribution in [0, 0.1) is 0 Å². The molecule has 12 heavy (non-hydrogen) atoms. The van der Waals surface area contributed by atoms with Crippen LogP contribution in [0.5, 0.6) is 0 Å². The summed E-state index contributed by atoms with van der Waals surface area (Å²) in [6.45, 7) is 3.23. The van der Waals surface area contributed by atoms with Crippen molar-refractivity contribution in [3.63, 3.8) is 0 Å². The summed E-state index contributed by atoms with van der Waals surface area (Å²) in [6.07, 6.45) is -0.0560. The Hall–Kier alpha value is -1.32. The molecule has 4 heteroatoms. The molecule has 1 N–H and O–H groups in total. The first-order valence-corrected chi connectivity index (χ1v) is 3.66. The summed E-state index contributed by atoms with van der Waals surface area (Å²) in [5.74, 6) is -1.34. The minimum atomic E-state index is -1.20. The third-order valence-electron chi connectivity index (χ3n) is 1.70. The Morgan fingerprint density at radius 3 is 2.67 bits per heavy atom. The zero-order chi connectivity index (χ0) is 9.30. The average Bonchev–Trinajstić information content (AvgIpc) is 1.82. The van der Waals surface area contributed by atoms with E-state index >= 15 is 0 Å². The van der Waals surface area contributed by atoms with Gasteiger partial charge in [0, 0.05) is 6.42 Å². The van der Waals surface area contributed by atoms with Crippen molar-refractivity contribution in [1.29, 1.82) is 0 Å². The maximum Gasteiger partial charge on any atom is 0.342 e. The first kappa shape index (κ1) is 8.77. The molecule has 0 saturated carbocycles. The number of carboxylic acid groups (broad SMARTS) is 1. The van der Waals surface area contributed by atoms with E-state index in [0.29, 0.717) is 0 Å². The number of aliphatic carboxylic acids is 1. The molecule has 0 aliphatic carbocycles. The van der Waals surface area contributed by atoms with Crippen LogP contribution in [-0.4, -0.2) is 23.0 Å². The zero-order valence-electron chi connectivity index (χ0n) is 6.96. The number of hydrogen-bond donors (Lipinski definition) is 1. The number of allylic oxidation sites excluding steroid dienone is 1. The van der Waals surface area contributed by atoms with Crippen molar-refractivity contribution in [2.24, 2.45) is 0 Å². The number of hydrogen-bond acceptors (Lipinski definition) is 3. The Labute approximate surface area is 69.8 Å². The summed E-state index contributed by atoms with van der Waals surface area (Å²) >= 11 is 0. The minimum Gasteiger partial charge on any atom is -0.494 e. The Morgan fingerprint density at radius 2 is 2.25 bits per heavy atom. The molecular weight excluding hydrogens is 160 g/mol. The van der Waals surface area contributed by atoms with Crippen molar-refractivity contribution in [2.45, 2.75) is 26.4 Å². The van der Waals surface area contributed by atoms with Crippen molar-refractivity contribution in [2.75, 3.05) is 0 Å². The highest BCUT2D eigenvalue weighted by atomic mass is 16.5. The lowest BCUT2D eigenvalue weighted by Gasteiger charge is -2.21. The third kappa shape index (κ3) is 1.47. The number of ketones is 1. The van der Waals surface area contributed by atoms with Crippen LogP contribution in [0.1, 0.15) is 20.3 Å². The van der Waals surface area contributed by atoms with Gasteiger partial charge in [-0.15, -0.1) is 0 Å². The predicted octanol–water partition coefficient (Wildman–Crippen LogP) is 0.723. The molecule has 1 aliphatic heterocycles. The molecule has 0 aromatic heterocycles. The largest absolute Gasteiger partial charge is 0.494 e. The fourth-order valence-corrected chi connectivity index (χ4v) is 1.23. The van der Waals surface area contributed by atoms with E-state index in [1.807, 2.05) is 0 Å². The summed E-state index contributed by atoms with van der Waals surface area (Å²) in [6, 6.07) is 0. The summed E-state index contributed by atoms with van der Waals surface area (Å²) in [5.41, 5.74) is -0.215. The molecule has 1 unspecified atom stereocenters. The van der Waals surface area contributed by atoms with Crippen LogP contribution in [0.2, 0.25) is 0 Å². The molecule has 0 aromatic carbocycles. The maximum atomic E-state index is 11.1. The second kappa shape index (κ2) is 2.97. The molecule has 4 nitrogen and oxygen atoms in total. The van der Waals surface area contributed by atoms with Crippen molar-refractivity contribution < 1.29 is 19.4 Å². The highest BCUT2D eigenvalue weighted by Gasteiger charge is 2.28. The molecule has 0 amide bonds. The summed E-state index contributed by atoms with van der Waals surface area (Å²) in [4.78, 5) is 21.7. The lowest BCUT2D eigenvalue weighted by atomic mass is 10.0. The van der Waals surface area contributed by atoms with E-state index < -0.39 is 5.97 Å². The van der Waals surface area contributed by atoms with Gasteiger partial charge in [0.1, 0.15) is 17.4 Å². The quantitative estimate of drug-likeness (QED) is 0.589. The van der Waals surface area contributed by atoms with Crippen LogP contribution in [0.25, 0.3) is 0 Å². The van der Waals surface area contributed by atoms with E-state index in [-0.39, 0.29) is 29.6 Å². The fourth-order valence-electron chi connectivity index (χ4n) is 1.23. The summed E-state index contributed by atoms with van der Waals surface area (Å²) < 4.78 is 5.11. The van der Waals surface area contributed by atoms with Gasteiger partial charge in [0.05, 0.1) is 0 Å². The highest BCUT2D eigenvalue weighted by Crippen LogP contribution is 2.20. The van der Waals surface area contributed by atoms with Gasteiger partial charge in [-0.3, -0.25) is 4.79 Å². The standard InChI is InChI=1S/C8H10O4/c1-4-3-6(9)7(8(10)11)5(2)12-4/h4H,3H2,1-2H3,(H,10,11). The Balaban J connectivity index is 3.01. The number of carbonyl (C=O) groups is 2. The number of carbonyl (C=O) groups excluding carboxylic acids is 1. The number of carboxylic acids is 1. The molecule has 1 rings (SSSR count). The van der Waals surface area contributed by atoms with Gasteiger partial charge in [0.15, 0.2) is 5.78 Å². The van der Waals surface area contributed by atoms with Gasteiger partial charge in [-0.05, 0) is 13.8 Å². The van der Waals surface area contributed by atoms with E-state index in [0.717, 1.165) is 0 Å². The molecule has 0 radical (unpaired) electrons. The molecule has 1 atom stereocenters. The van der Waals surface area contributed by atoms with Gasteiger partial charge in [-0.1, -0.05) is 0 Å². The van der Waals surface area contributed by atoms with Crippen LogP contribution >= 0.6 is 0 Å². The van der Waals surface area contributed by atoms with Crippen LogP contribution in [-0.2, 0) is 14.3 Å². The van der Waals surface area contributed by atoms with Crippen LogP contribution in [0.15, 0.2) is 11.3 Å². The average molecular weight is 170 g/mol. The van der Waals surface area contributed by atoms with Gasteiger partial charge in [0.2, 0.25) is 0 Å². The van der Waals surface area contributed by atoms with E-state index in [1.165, 1.54) is 6.92 Å². The number of Topliss-reactive ketones (excluding diaryl/α,β-unsaturated/α-hetero) is 1. The van der Waals surface area contributed by atoms with Gasteiger partial charge in [-0.2, -0.15) is 0 Å². The molecule has 1 heterocycles. The van der Waals surface area contributed by atoms with Crippen LogP contribution in [0.3, 0.4) is 0 Å². The predicted molar refractivity (Wildman–Crippen MR) is 40.5 cm³/mol. The second-order valence-corrected chi connectivity index (χ2v) is 2.79. The molecule has 1 aliphatic rings. The lowest BCUT2D eigenvalue weighted by Crippen LogP contribution is -2.26. The van der Waals surface area contributed by atoms with Crippen molar-refractivity contribution in [3.05, 3.63) is 11.3 Å². The maximum absolute atomic E-state index is 11.1. The van der Waals surface area contributed by atoms with E-state index in [2.05, 4.69) is 0 Å². The molecular formula is C8H10O4. The highest BCUT2D eigenvalue weighted by molar-refractivity contribution is 6.17. The van der Waals surface area contributed by atoms with Crippen molar-refractivity contribution in [1.82, 2.24) is 0 Å². The van der Waals surface area contributed by atoms with Gasteiger partial charge >= 0.3 is 5.97 Å². The van der Waals surface area contributed by atoms with Gasteiger partial charge in [0.25, 0.3) is 0 Å². The SMILES string of the molecule is CC1=C(C(=O)O)C(=O)CC(C)O1. The molecule has 0 fully saturated rings. The third-order valence-corrected chi connectivity index (χ3v) is 1.70. The van der Waals surface area contributed by atoms with E-state index in [4.69, 9.17) is 9.84 Å². The topological polar surface area (TPSA) is 63.6 Å². The van der Waals surface area contributed by atoms with Crippen LogP contribution < -0.4 is 0 Å². The fraction of sp³-hybridized carbons (Fsp3) is 0.500. The van der Waals surface area contributed by atoms with E-state index in [9.17, 15) is 9.59 Å². The smallest absolute Gasteiger partial charge is 0.342 e. The number of rotatable bonds is 1. The first-order valence-electron chi connectivity index (χ1n) is 3.66. The van der Waals surface area contributed by atoms with E-state index in [1.54, 1.807) is 6.92 Å². The molecule has 0 bridgehead atoms.